The minimum Gasteiger partial charge on any atom is -0.496 e. The summed E-state index contributed by atoms with van der Waals surface area (Å²) < 4.78 is 7.56. The van der Waals surface area contributed by atoms with Gasteiger partial charge in [-0.1, -0.05) is 20.8 Å². The molecule has 3 rings (SSSR count). The molecular weight excluding hydrogens is 306 g/mol. The molecule has 5 heteroatoms. The van der Waals surface area contributed by atoms with Gasteiger partial charge in [0, 0.05) is 17.3 Å². The Morgan fingerprint density at radius 2 is 2.04 bits per heavy atom. The van der Waals surface area contributed by atoms with E-state index in [4.69, 9.17) is 15.5 Å². The molecular formula is C18H23N3OS. The number of aryl methyl sites for hydroxylation is 1. The monoisotopic (exact) mass is 329 g/mol. The lowest BCUT2D eigenvalue weighted by atomic mass is 9.90. The van der Waals surface area contributed by atoms with Crippen molar-refractivity contribution in [3.63, 3.8) is 0 Å². The van der Waals surface area contributed by atoms with Crippen molar-refractivity contribution in [1.82, 2.24) is 9.38 Å². The Morgan fingerprint density at radius 3 is 2.61 bits per heavy atom. The molecule has 0 aliphatic rings. The van der Waals surface area contributed by atoms with E-state index in [-0.39, 0.29) is 5.41 Å². The number of hydrogen-bond acceptors (Lipinski definition) is 4. The second-order valence-corrected chi connectivity index (χ2v) is 7.62. The first kappa shape index (κ1) is 16.0. The largest absolute Gasteiger partial charge is 0.496 e. The molecule has 122 valence electrons. The molecule has 0 unspecified atom stereocenters. The molecule has 0 aliphatic carbocycles. The lowest BCUT2D eigenvalue weighted by Gasteiger charge is -2.17. The van der Waals surface area contributed by atoms with E-state index in [0.717, 1.165) is 38.9 Å². The lowest BCUT2D eigenvalue weighted by molar-refractivity contribution is 0.412. The van der Waals surface area contributed by atoms with Crippen LogP contribution in [0.5, 0.6) is 5.75 Å². The zero-order valence-corrected chi connectivity index (χ0v) is 15.1. The third-order valence-electron chi connectivity index (χ3n) is 4.05. The summed E-state index contributed by atoms with van der Waals surface area (Å²) in [6.07, 6.45) is 0. The van der Waals surface area contributed by atoms with E-state index in [0.29, 0.717) is 6.54 Å². The van der Waals surface area contributed by atoms with Gasteiger partial charge >= 0.3 is 0 Å². The predicted octanol–water partition coefficient (Wildman–Crippen LogP) is 4.14. The van der Waals surface area contributed by atoms with Crippen LogP contribution in [0, 0.1) is 6.92 Å². The maximum atomic E-state index is 6.06. The van der Waals surface area contributed by atoms with Gasteiger partial charge in [0.2, 0.25) is 0 Å². The number of methoxy groups -OCH3 is 1. The van der Waals surface area contributed by atoms with E-state index in [2.05, 4.69) is 49.6 Å². The van der Waals surface area contributed by atoms with Gasteiger partial charge in [0.05, 0.1) is 24.2 Å². The molecule has 0 atom stereocenters. The molecule has 4 nitrogen and oxygen atoms in total. The Bertz CT molecular complexity index is 855. The van der Waals surface area contributed by atoms with E-state index in [1.807, 2.05) is 6.07 Å². The first-order chi connectivity index (χ1) is 10.9. The molecule has 3 aromatic rings. The van der Waals surface area contributed by atoms with Crippen LogP contribution in [0.25, 0.3) is 16.2 Å². The Hall–Kier alpha value is -1.85. The number of rotatable bonds is 3. The maximum Gasteiger partial charge on any atom is 0.194 e. The average molecular weight is 329 g/mol. The summed E-state index contributed by atoms with van der Waals surface area (Å²) in [6, 6.07) is 6.25. The lowest BCUT2D eigenvalue weighted by Crippen LogP contribution is -2.17. The quantitative estimate of drug-likeness (QED) is 0.786. The van der Waals surface area contributed by atoms with Crippen LogP contribution >= 0.6 is 11.3 Å². The molecule has 0 spiro atoms. The van der Waals surface area contributed by atoms with Gasteiger partial charge in [-0.15, -0.1) is 11.3 Å². The summed E-state index contributed by atoms with van der Waals surface area (Å²) in [5, 5.41) is 2.15. The molecule has 23 heavy (non-hydrogen) atoms. The van der Waals surface area contributed by atoms with Gasteiger partial charge in [-0.3, -0.25) is 4.40 Å². The highest BCUT2D eigenvalue weighted by Gasteiger charge is 2.25. The minimum atomic E-state index is -0.0203. The number of hydrogen-bond donors (Lipinski definition) is 1. The highest BCUT2D eigenvalue weighted by Crippen LogP contribution is 2.34. The van der Waals surface area contributed by atoms with Crippen molar-refractivity contribution in [1.29, 1.82) is 0 Å². The molecule has 0 aliphatic heterocycles. The van der Waals surface area contributed by atoms with Gasteiger partial charge in [0.25, 0.3) is 0 Å². The average Bonchev–Trinajstić information content (AvgIpc) is 3.05. The molecule has 0 amide bonds. The molecule has 0 fully saturated rings. The SMILES string of the molecule is COc1ccc(-c2csc3nc(C(C)(C)C)c(CN)n23)cc1C. The summed E-state index contributed by atoms with van der Waals surface area (Å²) in [5.41, 5.74) is 11.6. The summed E-state index contributed by atoms with van der Waals surface area (Å²) in [6.45, 7) is 9.07. The highest BCUT2D eigenvalue weighted by molar-refractivity contribution is 7.15. The van der Waals surface area contributed by atoms with Gasteiger partial charge in [0.1, 0.15) is 5.75 Å². The minimum absolute atomic E-state index is 0.0203. The Labute approximate surface area is 140 Å². The fraction of sp³-hybridized carbons (Fsp3) is 0.389. The summed E-state index contributed by atoms with van der Waals surface area (Å²) in [5.74, 6) is 0.903. The van der Waals surface area contributed by atoms with Crippen molar-refractivity contribution < 1.29 is 4.74 Å². The third-order valence-corrected chi connectivity index (χ3v) is 4.88. The van der Waals surface area contributed by atoms with Crippen LogP contribution in [0.2, 0.25) is 0 Å². The van der Waals surface area contributed by atoms with E-state index in [1.165, 1.54) is 0 Å². The zero-order valence-electron chi connectivity index (χ0n) is 14.3. The van der Waals surface area contributed by atoms with Crippen molar-refractivity contribution in [2.75, 3.05) is 7.11 Å². The van der Waals surface area contributed by atoms with Crippen LogP contribution in [0.1, 0.15) is 37.7 Å². The van der Waals surface area contributed by atoms with Gasteiger partial charge in [-0.2, -0.15) is 0 Å². The van der Waals surface area contributed by atoms with Gasteiger partial charge in [-0.25, -0.2) is 4.98 Å². The molecule has 2 aromatic heterocycles. The molecule has 2 N–H and O–H groups in total. The number of ether oxygens (including phenoxy) is 1. The van der Waals surface area contributed by atoms with Gasteiger partial charge in [-0.05, 0) is 36.2 Å². The van der Waals surface area contributed by atoms with Crippen LogP contribution in [-0.2, 0) is 12.0 Å². The van der Waals surface area contributed by atoms with Gasteiger partial charge < -0.3 is 10.5 Å². The highest BCUT2D eigenvalue weighted by atomic mass is 32.1. The predicted molar refractivity (Wildman–Crippen MR) is 96.4 cm³/mol. The second-order valence-electron chi connectivity index (χ2n) is 6.78. The van der Waals surface area contributed by atoms with E-state index in [1.54, 1.807) is 18.4 Å². The molecule has 0 saturated heterocycles. The number of nitrogens with two attached hydrogens (primary N) is 1. The van der Waals surface area contributed by atoms with E-state index >= 15 is 0 Å². The van der Waals surface area contributed by atoms with Crippen molar-refractivity contribution in [2.24, 2.45) is 5.73 Å². The number of benzene rings is 1. The molecule has 0 radical (unpaired) electrons. The summed E-state index contributed by atoms with van der Waals surface area (Å²) >= 11 is 1.66. The number of aromatic nitrogens is 2. The van der Waals surface area contributed by atoms with Crippen molar-refractivity contribution in [2.45, 2.75) is 39.7 Å². The number of nitrogens with zero attached hydrogens (tertiary/aromatic N) is 2. The Morgan fingerprint density at radius 1 is 1.30 bits per heavy atom. The normalized spacial score (nSPS) is 12.1. The number of fused-ring (bicyclic) bond motifs is 1. The van der Waals surface area contributed by atoms with Crippen LogP contribution in [0.15, 0.2) is 23.6 Å². The number of thiazole rings is 1. The van der Waals surface area contributed by atoms with Gasteiger partial charge in [0.15, 0.2) is 4.96 Å². The Kier molecular flexibility index (Phi) is 3.94. The molecule has 0 bridgehead atoms. The summed E-state index contributed by atoms with van der Waals surface area (Å²) in [4.78, 5) is 5.83. The molecule has 2 heterocycles. The topological polar surface area (TPSA) is 52.5 Å². The van der Waals surface area contributed by atoms with Crippen LogP contribution < -0.4 is 10.5 Å². The van der Waals surface area contributed by atoms with Crippen LogP contribution in [0.4, 0.5) is 0 Å². The Balaban J connectivity index is 2.23. The fourth-order valence-electron chi connectivity index (χ4n) is 2.94. The maximum absolute atomic E-state index is 6.06. The standard InChI is InChI=1S/C18H23N3OS/c1-11-8-12(6-7-15(11)22-5)14-10-23-17-20-16(18(2,3)4)13(9-19)21(14)17/h6-8,10H,9,19H2,1-5H3. The fourth-order valence-corrected chi connectivity index (χ4v) is 3.86. The summed E-state index contributed by atoms with van der Waals surface area (Å²) in [7, 11) is 1.70. The first-order valence-electron chi connectivity index (χ1n) is 7.71. The van der Waals surface area contributed by atoms with Crippen molar-refractivity contribution >= 4 is 16.3 Å². The van der Waals surface area contributed by atoms with E-state index in [9.17, 15) is 0 Å². The second kappa shape index (κ2) is 5.65. The van der Waals surface area contributed by atoms with Crippen molar-refractivity contribution in [3.8, 4) is 17.0 Å². The van der Waals surface area contributed by atoms with E-state index < -0.39 is 0 Å². The van der Waals surface area contributed by atoms with Crippen LogP contribution in [-0.4, -0.2) is 16.5 Å². The molecule has 0 saturated carbocycles. The molecule has 1 aromatic carbocycles. The van der Waals surface area contributed by atoms with Crippen molar-refractivity contribution in [3.05, 3.63) is 40.5 Å². The third kappa shape index (κ3) is 2.64. The first-order valence-corrected chi connectivity index (χ1v) is 8.59. The van der Waals surface area contributed by atoms with Crippen LogP contribution in [0.3, 0.4) is 0 Å². The number of imidazole rings is 1. The zero-order chi connectivity index (χ0) is 16.8. The smallest absolute Gasteiger partial charge is 0.194 e.